The summed E-state index contributed by atoms with van der Waals surface area (Å²) in [4.78, 5) is 24.7. The van der Waals surface area contributed by atoms with Crippen LogP contribution in [-0.4, -0.2) is 29.8 Å². The van der Waals surface area contributed by atoms with Gasteiger partial charge in [0.25, 0.3) is 11.6 Å². The molecular formula is C21H20ClN3O4. The third kappa shape index (κ3) is 5.22. The van der Waals surface area contributed by atoms with Crippen molar-refractivity contribution in [1.82, 2.24) is 10.2 Å². The quantitative estimate of drug-likeness (QED) is 0.455. The number of nitro benzene ring substituents is 1. The van der Waals surface area contributed by atoms with Crippen molar-refractivity contribution in [2.75, 3.05) is 14.1 Å². The Labute approximate surface area is 173 Å². The lowest BCUT2D eigenvalue weighted by Crippen LogP contribution is -2.22. The summed E-state index contributed by atoms with van der Waals surface area (Å²) in [5, 5.41) is 13.8. The molecular weight excluding hydrogens is 394 g/mol. The molecule has 1 amide bonds. The number of rotatable bonds is 7. The Kier molecular flexibility index (Phi) is 6.31. The third-order valence-electron chi connectivity index (χ3n) is 4.23. The van der Waals surface area contributed by atoms with E-state index < -0.39 is 4.92 Å². The van der Waals surface area contributed by atoms with E-state index in [1.165, 1.54) is 23.8 Å². The number of carbonyl (C=O) groups excluding carboxylic acids is 1. The third-order valence-corrected chi connectivity index (χ3v) is 4.55. The smallest absolute Gasteiger partial charge is 0.287 e. The van der Waals surface area contributed by atoms with Crippen LogP contribution in [0.5, 0.6) is 0 Å². The van der Waals surface area contributed by atoms with E-state index in [0.29, 0.717) is 17.9 Å². The number of carbonyl (C=O) groups is 1. The predicted octanol–water partition coefficient (Wildman–Crippen LogP) is 4.50. The summed E-state index contributed by atoms with van der Waals surface area (Å²) in [6, 6.07) is 15.2. The minimum atomic E-state index is -0.524. The molecule has 0 aliphatic carbocycles. The van der Waals surface area contributed by atoms with Gasteiger partial charge in [0.15, 0.2) is 5.76 Å². The van der Waals surface area contributed by atoms with Crippen LogP contribution in [0.4, 0.5) is 5.69 Å². The zero-order valence-electron chi connectivity index (χ0n) is 16.0. The highest BCUT2D eigenvalue weighted by Gasteiger charge is 2.16. The largest absolute Gasteiger partial charge is 0.451 e. The second kappa shape index (κ2) is 8.89. The number of non-ortho nitro benzene ring substituents is 1. The van der Waals surface area contributed by atoms with Crippen molar-refractivity contribution in [3.8, 4) is 11.3 Å². The zero-order chi connectivity index (χ0) is 21.0. The SMILES string of the molecule is CN(C)Cc1ccc(CNC(=O)c2ccc(-c3ccc([N+](=O)[O-])cc3Cl)o2)cc1. The molecule has 0 atom stereocenters. The average Bonchev–Trinajstić information content (AvgIpc) is 3.16. The van der Waals surface area contributed by atoms with Crippen molar-refractivity contribution >= 4 is 23.2 Å². The maximum atomic E-state index is 12.4. The van der Waals surface area contributed by atoms with Crippen molar-refractivity contribution in [1.29, 1.82) is 0 Å². The number of halogens is 1. The molecule has 1 heterocycles. The van der Waals surface area contributed by atoms with E-state index >= 15 is 0 Å². The molecule has 2 aromatic carbocycles. The normalized spacial score (nSPS) is 10.9. The Morgan fingerprint density at radius 1 is 1.10 bits per heavy atom. The van der Waals surface area contributed by atoms with Crippen LogP contribution in [0.3, 0.4) is 0 Å². The van der Waals surface area contributed by atoms with Crippen LogP contribution in [0, 0.1) is 10.1 Å². The second-order valence-corrected chi connectivity index (χ2v) is 7.23. The predicted molar refractivity (Wildman–Crippen MR) is 111 cm³/mol. The number of nitrogens with zero attached hydrogens (tertiary/aromatic N) is 2. The molecule has 0 aliphatic rings. The lowest BCUT2D eigenvalue weighted by Gasteiger charge is -2.10. The van der Waals surface area contributed by atoms with Gasteiger partial charge in [-0.15, -0.1) is 0 Å². The van der Waals surface area contributed by atoms with Crippen LogP contribution >= 0.6 is 11.6 Å². The standard InChI is InChI=1S/C21H20ClN3O4/c1-24(2)13-15-5-3-14(4-6-15)12-23-21(26)20-10-9-19(29-20)17-8-7-16(25(27)28)11-18(17)22/h3-11H,12-13H2,1-2H3,(H,23,26). The van der Waals surface area contributed by atoms with Crippen molar-refractivity contribution in [2.24, 2.45) is 0 Å². The number of nitro groups is 1. The first-order valence-electron chi connectivity index (χ1n) is 8.88. The molecule has 3 rings (SSSR count). The fourth-order valence-electron chi connectivity index (χ4n) is 2.82. The summed E-state index contributed by atoms with van der Waals surface area (Å²) < 4.78 is 5.59. The molecule has 0 unspecified atom stereocenters. The first-order valence-corrected chi connectivity index (χ1v) is 9.26. The molecule has 0 saturated heterocycles. The van der Waals surface area contributed by atoms with Crippen molar-refractivity contribution in [3.63, 3.8) is 0 Å². The molecule has 0 spiro atoms. The van der Waals surface area contributed by atoms with E-state index in [9.17, 15) is 14.9 Å². The van der Waals surface area contributed by atoms with Crippen LogP contribution < -0.4 is 5.32 Å². The summed E-state index contributed by atoms with van der Waals surface area (Å²) in [5.41, 5.74) is 2.54. The highest BCUT2D eigenvalue weighted by Crippen LogP contribution is 2.32. The molecule has 0 radical (unpaired) electrons. The molecule has 7 nitrogen and oxygen atoms in total. The van der Waals surface area contributed by atoms with Crippen LogP contribution in [0.2, 0.25) is 5.02 Å². The molecule has 0 saturated carbocycles. The number of hydrogen-bond donors (Lipinski definition) is 1. The lowest BCUT2D eigenvalue weighted by atomic mass is 10.1. The summed E-state index contributed by atoms with van der Waals surface area (Å²) in [5.74, 6) is 0.147. The van der Waals surface area contributed by atoms with Crippen molar-refractivity contribution in [3.05, 3.63) is 86.6 Å². The van der Waals surface area contributed by atoms with Gasteiger partial charge in [0.2, 0.25) is 0 Å². The van der Waals surface area contributed by atoms with Gasteiger partial charge in [-0.1, -0.05) is 35.9 Å². The van der Waals surface area contributed by atoms with Crippen LogP contribution in [-0.2, 0) is 13.1 Å². The molecule has 8 heteroatoms. The van der Waals surface area contributed by atoms with Gasteiger partial charge < -0.3 is 14.6 Å². The van der Waals surface area contributed by atoms with E-state index in [-0.39, 0.29) is 22.4 Å². The molecule has 0 aliphatic heterocycles. The second-order valence-electron chi connectivity index (χ2n) is 6.82. The average molecular weight is 414 g/mol. The number of amides is 1. The number of nitrogens with one attached hydrogen (secondary N) is 1. The summed E-state index contributed by atoms with van der Waals surface area (Å²) in [7, 11) is 4.02. The molecule has 0 bridgehead atoms. The lowest BCUT2D eigenvalue weighted by molar-refractivity contribution is -0.384. The highest BCUT2D eigenvalue weighted by atomic mass is 35.5. The van der Waals surface area contributed by atoms with Crippen LogP contribution in [0.1, 0.15) is 21.7 Å². The van der Waals surface area contributed by atoms with E-state index in [0.717, 1.165) is 12.1 Å². The minimum absolute atomic E-state index is 0.111. The molecule has 150 valence electrons. The molecule has 0 fully saturated rings. The Hall–Kier alpha value is -3.16. The van der Waals surface area contributed by atoms with Gasteiger partial charge in [-0.25, -0.2) is 0 Å². The Balaban J connectivity index is 1.64. The van der Waals surface area contributed by atoms with E-state index in [4.69, 9.17) is 16.0 Å². The van der Waals surface area contributed by atoms with Crippen LogP contribution in [0.15, 0.2) is 59.0 Å². The Morgan fingerprint density at radius 2 is 1.79 bits per heavy atom. The summed E-state index contributed by atoms with van der Waals surface area (Å²) in [6.45, 7) is 1.22. The van der Waals surface area contributed by atoms with Crippen LogP contribution in [0.25, 0.3) is 11.3 Å². The van der Waals surface area contributed by atoms with E-state index in [1.807, 2.05) is 38.4 Å². The monoisotopic (exact) mass is 413 g/mol. The maximum Gasteiger partial charge on any atom is 0.287 e. The summed E-state index contributed by atoms with van der Waals surface area (Å²) >= 11 is 6.11. The van der Waals surface area contributed by atoms with Gasteiger partial charge in [-0.2, -0.15) is 0 Å². The zero-order valence-corrected chi connectivity index (χ0v) is 16.8. The first-order chi connectivity index (χ1) is 13.8. The van der Waals surface area contributed by atoms with Gasteiger partial charge in [0.05, 0.1) is 9.95 Å². The van der Waals surface area contributed by atoms with Gasteiger partial charge in [0, 0.05) is 30.8 Å². The highest BCUT2D eigenvalue weighted by molar-refractivity contribution is 6.33. The number of hydrogen-bond acceptors (Lipinski definition) is 5. The van der Waals surface area contributed by atoms with Gasteiger partial charge >= 0.3 is 0 Å². The molecule has 3 aromatic rings. The number of furan rings is 1. The molecule has 29 heavy (non-hydrogen) atoms. The van der Waals surface area contributed by atoms with Gasteiger partial charge in [-0.3, -0.25) is 14.9 Å². The Morgan fingerprint density at radius 3 is 2.41 bits per heavy atom. The van der Waals surface area contributed by atoms with Crippen molar-refractivity contribution < 1.29 is 14.1 Å². The number of benzene rings is 2. The summed E-state index contributed by atoms with van der Waals surface area (Å²) in [6.07, 6.45) is 0. The van der Waals surface area contributed by atoms with E-state index in [1.54, 1.807) is 12.1 Å². The fourth-order valence-corrected chi connectivity index (χ4v) is 3.09. The van der Waals surface area contributed by atoms with Gasteiger partial charge in [0.1, 0.15) is 5.76 Å². The van der Waals surface area contributed by atoms with Crippen molar-refractivity contribution in [2.45, 2.75) is 13.1 Å². The Bertz CT molecular complexity index is 1030. The molecule has 1 aromatic heterocycles. The minimum Gasteiger partial charge on any atom is -0.451 e. The topological polar surface area (TPSA) is 88.6 Å². The van der Waals surface area contributed by atoms with Gasteiger partial charge in [-0.05, 0) is 43.4 Å². The first kappa shape index (κ1) is 20.6. The molecule has 1 N–H and O–H groups in total. The maximum absolute atomic E-state index is 12.4. The fraction of sp³-hybridized carbons (Fsp3) is 0.190. The van der Waals surface area contributed by atoms with E-state index in [2.05, 4.69) is 10.2 Å².